The quantitative estimate of drug-likeness (QED) is 0.880. The molecule has 2 N–H and O–H groups in total. The Hall–Kier alpha value is -3.02. The highest BCUT2D eigenvalue weighted by Crippen LogP contribution is 2.23. The summed E-state index contributed by atoms with van der Waals surface area (Å²) in [6.45, 7) is 1.07. The number of nitrogens with zero attached hydrogens (tertiary/aromatic N) is 1. The molecule has 0 aromatic heterocycles. The first kappa shape index (κ1) is 16.8. The zero-order chi connectivity index (χ0) is 17.6. The lowest BCUT2D eigenvalue weighted by atomic mass is 10.2. The number of carbonyl (C=O) groups is 2. The number of anilines is 1. The Balaban J connectivity index is 1.55. The van der Waals surface area contributed by atoms with Crippen LogP contribution in [-0.2, 0) is 11.3 Å². The van der Waals surface area contributed by atoms with Crippen molar-refractivity contribution < 1.29 is 14.3 Å². The molecular weight excluding hydrogens is 318 g/mol. The number of carbonyl (C=O) groups excluding carboxylic acids is 2. The Morgan fingerprint density at radius 2 is 1.88 bits per heavy atom. The fourth-order valence-corrected chi connectivity index (χ4v) is 2.92. The number of hydrogen-bond acceptors (Lipinski definition) is 3. The average Bonchev–Trinajstić information content (AvgIpc) is 2.95. The second-order valence-electron chi connectivity index (χ2n) is 5.96. The monoisotopic (exact) mass is 339 g/mol. The highest BCUT2D eigenvalue weighted by Gasteiger charge is 2.30. The standard InChI is InChI=1S/C19H21N3O3/c1-25-17-10-6-5-9-16(17)21-19(24)20-15-11-18(23)22(13-15)12-14-7-3-2-4-8-14/h2-10,15H,11-13H2,1H3,(H2,20,21,24). The fourth-order valence-electron chi connectivity index (χ4n) is 2.92. The molecule has 3 amide bonds. The molecule has 1 heterocycles. The first-order chi connectivity index (χ1) is 12.2. The van der Waals surface area contributed by atoms with E-state index >= 15 is 0 Å². The molecule has 0 radical (unpaired) electrons. The molecule has 25 heavy (non-hydrogen) atoms. The third-order valence-electron chi connectivity index (χ3n) is 4.12. The van der Waals surface area contributed by atoms with Crippen LogP contribution in [0.2, 0.25) is 0 Å². The van der Waals surface area contributed by atoms with Crippen LogP contribution >= 0.6 is 0 Å². The van der Waals surface area contributed by atoms with Crippen LogP contribution in [0.5, 0.6) is 5.75 Å². The Morgan fingerprint density at radius 1 is 1.16 bits per heavy atom. The molecule has 1 unspecified atom stereocenters. The van der Waals surface area contributed by atoms with Crippen molar-refractivity contribution in [2.75, 3.05) is 19.0 Å². The van der Waals surface area contributed by atoms with E-state index in [1.54, 1.807) is 24.1 Å². The van der Waals surface area contributed by atoms with Crippen LogP contribution in [0.15, 0.2) is 54.6 Å². The van der Waals surface area contributed by atoms with E-state index < -0.39 is 0 Å². The number of para-hydroxylation sites is 2. The molecule has 0 bridgehead atoms. The number of nitrogens with one attached hydrogen (secondary N) is 2. The van der Waals surface area contributed by atoms with Gasteiger partial charge in [-0.05, 0) is 17.7 Å². The minimum Gasteiger partial charge on any atom is -0.495 e. The predicted octanol–water partition coefficient (Wildman–Crippen LogP) is 2.62. The van der Waals surface area contributed by atoms with Crippen LogP contribution in [0.4, 0.5) is 10.5 Å². The van der Waals surface area contributed by atoms with Gasteiger partial charge in [0.1, 0.15) is 5.75 Å². The minimum absolute atomic E-state index is 0.0476. The lowest BCUT2D eigenvalue weighted by Crippen LogP contribution is -2.39. The van der Waals surface area contributed by atoms with Gasteiger partial charge in [0.25, 0.3) is 0 Å². The summed E-state index contributed by atoms with van der Waals surface area (Å²) in [5.41, 5.74) is 1.67. The van der Waals surface area contributed by atoms with Crippen molar-refractivity contribution in [1.29, 1.82) is 0 Å². The van der Waals surface area contributed by atoms with Crippen molar-refractivity contribution in [3.63, 3.8) is 0 Å². The molecule has 0 spiro atoms. The molecule has 6 heteroatoms. The van der Waals surface area contributed by atoms with Crippen LogP contribution in [0, 0.1) is 0 Å². The summed E-state index contributed by atoms with van der Waals surface area (Å²) in [6.07, 6.45) is 0.312. The molecule has 1 aliphatic rings. The van der Waals surface area contributed by atoms with Crippen molar-refractivity contribution in [2.24, 2.45) is 0 Å². The largest absolute Gasteiger partial charge is 0.495 e. The lowest BCUT2D eigenvalue weighted by molar-refractivity contribution is -0.128. The molecule has 3 rings (SSSR count). The SMILES string of the molecule is COc1ccccc1NC(=O)NC1CC(=O)N(Cc2ccccc2)C1. The lowest BCUT2D eigenvalue weighted by Gasteiger charge is -2.17. The minimum atomic E-state index is -0.344. The molecule has 1 atom stereocenters. The van der Waals surface area contributed by atoms with E-state index in [1.165, 1.54) is 0 Å². The number of likely N-dealkylation sites (tertiary alicyclic amines) is 1. The number of hydrogen-bond donors (Lipinski definition) is 2. The Kier molecular flexibility index (Phi) is 5.18. The van der Waals surface area contributed by atoms with Gasteiger partial charge in [0.05, 0.1) is 18.8 Å². The van der Waals surface area contributed by atoms with Gasteiger partial charge in [-0.25, -0.2) is 4.79 Å². The van der Waals surface area contributed by atoms with Gasteiger partial charge >= 0.3 is 6.03 Å². The van der Waals surface area contributed by atoms with E-state index in [4.69, 9.17) is 4.74 Å². The summed E-state index contributed by atoms with van der Waals surface area (Å²) in [5, 5.41) is 5.62. The number of methoxy groups -OCH3 is 1. The van der Waals surface area contributed by atoms with Crippen LogP contribution in [0.1, 0.15) is 12.0 Å². The Morgan fingerprint density at radius 3 is 2.64 bits per heavy atom. The first-order valence-electron chi connectivity index (χ1n) is 8.18. The second-order valence-corrected chi connectivity index (χ2v) is 5.96. The van der Waals surface area contributed by atoms with Gasteiger partial charge in [-0.3, -0.25) is 4.79 Å². The third-order valence-corrected chi connectivity index (χ3v) is 4.12. The number of benzene rings is 2. The molecule has 130 valence electrons. The van der Waals surface area contributed by atoms with Crippen molar-refractivity contribution in [2.45, 2.75) is 19.0 Å². The normalized spacial score (nSPS) is 16.6. The van der Waals surface area contributed by atoms with Crippen LogP contribution in [-0.4, -0.2) is 36.5 Å². The van der Waals surface area contributed by atoms with Crippen LogP contribution in [0.3, 0.4) is 0 Å². The average molecular weight is 339 g/mol. The second kappa shape index (κ2) is 7.70. The van der Waals surface area contributed by atoms with Gasteiger partial charge in [0.2, 0.25) is 5.91 Å². The van der Waals surface area contributed by atoms with E-state index in [0.29, 0.717) is 30.9 Å². The van der Waals surface area contributed by atoms with Gasteiger partial charge in [0, 0.05) is 19.5 Å². The maximum absolute atomic E-state index is 12.2. The number of rotatable bonds is 5. The fraction of sp³-hybridized carbons (Fsp3) is 0.263. The van der Waals surface area contributed by atoms with Gasteiger partial charge in [-0.2, -0.15) is 0 Å². The van der Waals surface area contributed by atoms with E-state index in [2.05, 4.69) is 10.6 Å². The van der Waals surface area contributed by atoms with Gasteiger partial charge in [-0.15, -0.1) is 0 Å². The smallest absolute Gasteiger partial charge is 0.319 e. The Labute approximate surface area is 146 Å². The van der Waals surface area contributed by atoms with Crippen molar-refractivity contribution in [1.82, 2.24) is 10.2 Å². The first-order valence-corrected chi connectivity index (χ1v) is 8.18. The summed E-state index contributed by atoms with van der Waals surface area (Å²) >= 11 is 0. The van der Waals surface area contributed by atoms with E-state index in [0.717, 1.165) is 5.56 Å². The van der Waals surface area contributed by atoms with Crippen molar-refractivity contribution in [3.05, 3.63) is 60.2 Å². The number of ether oxygens (including phenoxy) is 1. The third kappa shape index (κ3) is 4.29. The van der Waals surface area contributed by atoms with E-state index in [1.807, 2.05) is 42.5 Å². The van der Waals surface area contributed by atoms with Gasteiger partial charge < -0.3 is 20.3 Å². The van der Waals surface area contributed by atoms with Gasteiger partial charge in [0.15, 0.2) is 0 Å². The molecule has 0 saturated carbocycles. The van der Waals surface area contributed by atoms with E-state index in [9.17, 15) is 9.59 Å². The van der Waals surface area contributed by atoms with Crippen LogP contribution in [0.25, 0.3) is 0 Å². The zero-order valence-electron chi connectivity index (χ0n) is 14.1. The van der Waals surface area contributed by atoms with Crippen molar-refractivity contribution in [3.8, 4) is 5.75 Å². The maximum Gasteiger partial charge on any atom is 0.319 e. The topological polar surface area (TPSA) is 70.7 Å². The highest BCUT2D eigenvalue weighted by molar-refractivity contribution is 5.92. The molecule has 6 nitrogen and oxygen atoms in total. The predicted molar refractivity (Wildman–Crippen MR) is 95.4 cm³/mol. The molecular formula is C19H21N3O3. The molecule has 2 aromatic rings. The summed E-state index contributed by atoms with van der Waals surface area (Å²) in [4.78, 5) is 26.1. The molecule has 1 saturated heterocycles. The highest BCUT2D eigenvalue weighted by atomic mass is 16.5. The molecule has 0 aliphatic carbocycles. The van der Waals surface area contributed by atoms with Crippen molar-refractivity contribution >= 4 is 17.6 Å². The number of amides is 3. The van der Waals surface area contributed by atoms with Crippen LogP contribution < -0.4 is 15.4 Å². The Bertz CT molecular complexity index is 749. The summed E-state index contributed by atoms with van der Waals surface area (Å²) in [5.74, 6) is 0.636. The van der Waals surface area contributed by atoms with E-state index in [-0.39, 0.29) is 18.0 Å². The maximum atomic E-state index is 12.2. The van der Waals surface area contributed by atoms with Gasteiger partial charge in [-0.1, -0.05) is 42.5 Å². The summed E-state index contributed by atoms with van der Waals surface area (Å²) in [6, 6.07) is 16.5. The number of urea groups is 1. The summed E-state index contributed by atoms with van der Waals surface area (Å²) in [7, 11) is 1.55. The molecule has 1 aliphatic heterocycles. The molecule has 1 fully saturated rings. The zero-order valence-corrected chi connectivity index (χ0v) is 14.1. The summed E-state index contributed by atoms with van der Waals surface area (Å²) < 4.78 is 5.21. The molecule has 2 aromatic carbocycles.